The molecule has 0 aliphatic heterocycles. The van der Waals surface area contributed by atoms with Gasteiger partial charge in [0.15, 0.2) is 8.32 Å². The van der Waals surface area contributed by atoms with Gasteiger partial charge in [0.25, 0.3) is 0 Å². The Labute approximate surface area is 839 Å². The van der Waals surface area contributed by atoms with Gasteiger partial charge in [0, 0.05) is 4.48 Å². The first-order chi connectivity index (χ1) is 65.6. The first kappa shape index (κ1) is 97.1. The van der Waals surface area contributed by atoms with Gasteiger partial charge >= 0.3 is 0 Å². The fraction of sp³-hybridized carbons (Fsp3) is 0.549. The summed E-state index contributed by atoms with van der Waals surface area (Å²) < 4.78 is 13.0. The summed E-state index contributed by atoms with van der Waals surface area (Å²) in [6.07, 6.45) is 118. The van der Waals surface area contributed by atoms with Gasteiger partial charge in [-0.25, -0.2) is 0 Å². The van der Waals surface area contributed by atoms with E-state index in [1.807, 2.05) is 5.57 Å². The van der Waals surface area contributed by atoms with Crippen LogP contribution in [0.5, 0.6) is 0 Å². The smallest absolute Gasteiger partial charge is 0.192 e. The van der Waals surface area contributed by atoms with E-state index in [1.54, 1.807) is 46.1 Å². The maximum atomic E-state index is 6.43. The van der Waals surface area contributed by atoms with Crippen molar-refractivity contribution in [3.05, 3.63) is 344 Å². The molecule has 10 fully saturated rings. The average Bonchev–Trinajstić information content (AvgIpc) is 1.57. The molecular formula is C133H169BrO2Si. The number of hydrogen-bond acceptors (Lipinski definition) is 2. The zero-order valence-electron chi connectivity index (χ0n) is 87.5. The molecule has 1 aromatic carbocycles. The topological polar surface area (TPSA) is 18.5 Å². The summed E-state index contributed by atoms with van der Waals surface area (Å²) in [7, 11) is 0.0856. The summed E-state index contributed by atoms with van der Waals surface area (Å²) in [5.74, 6) is 26.6. The van der Waals surface area contributed by atoms with Crippen LogP contribution in [-0.4, -0.2) is 22.0 Å². The molecule has 0 amide bonds. The normalized spacial score (nSPS) is 42.1. The molecule has 34 atom stereocenters. The van der Waals surface area contributed by atoms with Crippen molar-refractivity contribution in [2.75, 3.05) is 13.7 Å². The second-order valence-electron chi connectivity index (χ2n) is 51.6. The first-order valence-electron chi connectivity index (χ1n) is 55.2. The molecule has 25 aliphatic carbocycles. The third-order valence-electron chi connectivity index (χ3n) is 41.7. The molecule has 0 bridgehead atoms. The fourth-order valence-corrected chi connectivity index (χ4v) is 33.6. The highest BCUT2D eigenvalue weighted by Crippen LogP contribution is 2.66. The molecule has 0 saturated heterocycles. The van der Waals surface area contributed by atoms with Crippen molar-refractivity contribution in [2.45, 2.75) is 213 Å². The lowest BCUT2D eigenvalue weighted by Gasteiger charge is -2.48. The van der Waals surface area contributed by atoms with E-state index < -0.39 is 8.32 Å². The van der Waals surface area contributed by atoms with Gasteiger partial charge in [-0.15, -0.1) is 0 Å². The minimum absolute atomic E-state index is 0.277. The van der Waals surface area contributed by atoms with Crippen LogP contribution in [0.2, 0.25) is 18.1 Å². The third-order valence-corrected chi connectivity index (χ3v) is 46.7. The van der Waals surface area contributed by atoms with Gasteiger partial charge in [-0.1, -0.05) is 420 Å². The summed E-state index contributed by atoms with van der Waals surface area (Å²) in [6.45, 7) is 49.4. The highest BCUT2D eigenvalue weighted by atomic mass is 79.9. The predicted octanol–water partition coefficient (Wildman–Crippen LogP) is 33.1. The zero-order chi connectivity index (χ0) is 95.8. The molecule has 0 spiro atoms. The molecular weight excluding hydrogens is 1740 g/mol. The Bertz CT molecular complexity index is 5720. The van der Waals surface area contributed by atoms with E-state index in [1.165, 1.54) is 91.1 Å². The van der Waals surface area contributed by atoms with Crippen molar-refractivity contribution in [3.63, 3.8) is 0 Å². The van der Waals surface area contributed by atoms with Gasteiger partial charge in [0.1, 0.15) is 5.76 Å². The Morgan fingerprint density at radius 3 is 1.09 bits per heavy atom. The maximum absolute atomic E-state index is 6.43. The first-order valence-corrected chi connectivity index (χ1v) is 58.9. The van der Waals surface area contributed by atoms with Crippen molar-refractivity contribution >= 4 is 36.4 Å². The van der Waals surface area contributed by atoms with Crippen LogP contribution in [0.15, 0.2) is 334 Å². The van der Waals surface area contributed by atoms with E-state index in [4.69, 9.17) is 9.16 Å². The molecule has 4 heteroatoms. The summed E-state index contributed by atoms with van der Waals surface area (Å²) in [5.41, 5.74) is 16.3. The molecule has 137 heavy (non-hydrogen) atoms. The largest absolute Gasteiger partial charge is 0.497 e. The van der Waals surface area contributed by atoms with Gasteiger partial charge in [-0.05, 0) is 385 Å². The Morgan fingerprint density at radius 1 is 0.314 bits per heavy atom. The highest BCUT2D eigenvalue weighted by molar-refractivity contribution is 9.11. The van der Waals surface area contributed by atoms with Crippen LogP contribution in [0.3, 0.4) is 0 Å². The second kappa shape index (κ2) is 38.4. The highest BCUT2D eigenvalue weighted by Gasteiger charge is 2.57. The summed E-state index contributed by atoms with van der Waals surface area (Å²) in [6, 6.07) is 8.80. The van der Waals surface area contributed by atoms with Gasteiger partial charge in [0.2, 0.25) is 0 Å². The van der Waals surface area contributed by atoms with Crippen LogP contribution in [0.25, 0.3) is 12.2 Å². The van der Waals surface area contributed by atoms with Crippen LogP contribution in [0, 0.1) is 229 Å². The standard InChI is InChI=1S/C30H44.C21H32OSi.C18H22.C18H18.C17H20.C15H18O.C14H15Br/c1-18-19-14-23-25(29(6,7)12-10-27(23,2)3)16-21(19)22-17-26-24(15-20(18)22)28(4,5)11-13-30(26,8)9;1-15-17-9-7-8-10-18(17)19-12-11-16(13-20(15)19)14-22-23(5,6)21(2,3)4;1-12-14-7-4-5-9-17(14)18-15(12)11-10-13-6-2-3-8-16(13)18;1-12-15-8-4-5-9-16(15)18-11-14-7-3-2-6-13(14)10-17(12)18;1-11-14-7-2-3-8-15(14)17-10-13-6-4-5-12(13)9-16(11)17;1-10-12-5-3-4-6-14(12)15-9-11(16-2)7-8-13(10)15;1-9-11-4-2-3-5-12(11)13-7-6-10(15)8-14(9)13/h14-22H,10-13H2,1-9H3;7-13,15,17-20H,14H2,1-6H3;4-5,7,9-12,14-15,17-18H,2-3,6,8H2,1H3;2-12,15-18H,1H3;2-3,7-11,14-17H,4-6H2,1H3;3-10,12-15H,1-2H3;2-9,11-14H,1H3. The lowest BCUT2D eigenvalue weighted by molar-refractivity contribution is 0.244. The Balaban J connectivity index is 0.0000000999. The minimum Gasteiger partial charge on any atom is -0.497 e. The van der Waals surface area contributed by atoms with Gasteiger partial charge in [-0.3, -0.25) is 0 Å². The lowest BCUT2D eigenvalue weighted by atomic mass is 9.56. The van der Waals surface area contributed by atoms with Crippen molar-refractivity contribution in [3.8, 4) is 0 Å². The van der Waals surface area contributed by atoms with Crippen molar-refractivity contribution in [1.82, 2.24) is 0 Å². The quantitative estimate of drug-likeness (QED) is 0.280. The molecule has 10 saturated carbocycles. The van der Waals surface area contributed by atoms with Crippen LogP contribution in [0.4, 0.5) is 0 Å². The number of allylic oxidation sites excluding steroid dienone is 49. The second-order valence-corrected chi connectivity index (χ2v) is 57.3. The molecule has 2 nitrogen and oxygen atoms in total. The van der Waals surface area contributed by atoms with Gasteiger partial charge < -0.3 is 9.16 Å². The number of fused-ring (bicyclic) bond motifs is 26. The molecule has 0 aromatic heterocycles. The number of hydrogen-bond donors (Lipinski definition) is 0. The number of methoxy groups -OCH3 is 1. The third kappa shape index (κ3) is 18.1. The Morgan fingerprint density at radius 2 is 0.628 bits per heavy atom. The molecule has 724 valence electrons. The average molecular weight is 1910 g/mol. The fourth-order valence-electron chi connectivity index (χ4n) is 32.2. The molecule has 1 aromatic rings. The van der Waals surface area contributed by atoms with Crippen molar-refractivity contribution in [2.24, 2.45) is 229 Å². The summed E-state index contributed by atoms with van der Waals surface area (Å²) in [4.78, 5) is 0. The van der Waals surface area contributed by atoms with Crippen LogP contribution in [-0.2, 0) is 9.16 Å². The number of halogens is 1. The molecule has 34 unspecified atom stereocenters. The molecule has 25 aliphatic rings. The summed E-state index contributed by atoms with van der Waals surface area (Å²) in [5, 5.41) is 3.13. The van der Waals surface area contributed by atoms with E-state index in [9.17, 15) is 0 Å². The molecule has 0 radical (unpaired) electrons. The SMILES string of the molecule is CC1C2C=C3C(=CC2C2C=C4C(=CC12)C(C)(C)CCC4(C)C)C(C)(C)CCC3(C)C.CC1C2C=CC=CC2C2C3=C(C=CC12)CCCC3.CC1C2C=CC=CC2C2C=C3CCCC3=CC12.CC1C2C=CC=CC2C2C=CC(Br)=CC12.CC1C2C=CC=CC2C2C=CC(CO[Si](C)(C)C(C)(C)C)=CC12.CC1C2C=CC=CC2C2C=c3ccccc3=CC12.COC1=CC2C(C=C1)C(C)C1C=CC=CC12. The van der Waals surface area contributed by atoms with Gasteiger partial charge in [0.05, 0.1) is 13.7 Å². The number of ether oxygens (including phenoxy) is 1. The summed E-state index contributed by atoms with van der Waals surface area (Å²) >= 11 is 3.59. The van der Waals surface area contributed by atoms with E-state index in [0.717, 1.165) is 119 Å². The van der Waals surface area contributed by atoms with Gasteiger partial charge in [-0.2, -0.15) is 0 Å². The molecule has 26 rings (SSSR count). The Kier molecular flexibility index (Phi) is 27.2. The van der Waals surface area contributed by atoms with E-state index in [2.05, 4.69) is 439 Å². The van der Waals surface area contributed by atoms with Crippen molar-refractivity contribution < 1.29 is 9.16 Å². The van der Waals surface area contributed by atoms with E-state index in [0.29, 0.717) is 122 Å². The van der Waals surface area contributed by atoms with E-state index in [-0.39, 0.29) is 5.04 Å². The molecule has 0 heterocycles. The predicted molar refractivity (Wildman–Crippen MR) is 587 cm³/mol. The number of rotatable bonds is 4. The zero-order valence-corrected chi connectivity index (χ0v) is 90.1. The van der Waals surface area contributed by atoms with Crippen LogP contribution < -0.4 is 10.4 Å². The minimum atomic E-state index is -1.67. The maximum Gasteiger partial charge on any atom is 0.192 e. The van der Waals surface area contributed by atoms with Crippen LogP contribution in [0.1, 0.15) is 195 Å². The van der Waals surface area contributed by atoms with Crippen molar-refractivity contribution in [1.29, 1.82) is 0 Å². The Hall–Kier alpha value is -7.34. The lowest BCUT2D eigenvalue weighted by Crippen LogP contribution is -2.41. The van der Waals surface area contributed by atoms with E-state index >= 15 is 0 Å². The monoisotopic (exact) mass is 1910 g/mol. The molecule has 0 N–H and O–H groups in total. The van der Waals surface area contributed by atoms with Crippen LogP contribution >= 0.6 is 15.9 Å². The number of benzene rings is 1.